The van der Waals surface area contributed by atoms with Gasteiger partial charge in [0.05, 0.1) is 22.9 Å². The van der Waals surface area contributed by atoms with Gasteiger partial charge in [-0.3, -0.25) is 0 Å². The molecule has 2 nitrogen and oxygen atoms in total. The summed E-state index contributed by atoms with van der Waals surface area (Å²) in [6.45, 7) is 4.15. The molecule has 0 radical (unpaired) electrons. The smallest absolute Gasteiger partial charge is 0.160 e. The van der Waals surface area contributed by atoms with E-state index >= 15 is 0 Å². The Morgan fingerprint density at radius 3 is 3.07 bits per heavy atom. The van der Waals surface area contributed by atoms with Crippen molar-refractivity contribution in [3.8, 4) is 0 Å². The summed E-state index contributed by atoms with van der Waals surface area (Å²) in [7, 11) is 0. The summed E-state index contributed by atoms with van der Waals surface area (Å²) >= 11 is 3.19. The van der Waals surface area contributed by atoms with Gasteiger partial charge in [0.1, 0.15) is 0 Å². The maximum absolute atomic E-state index is 13.8. The number of anilines is 1. The van der Waals surface area contributed by atoms with Crippen LogP contribution in [0.15, 0.2) is 22.7 Å². The number of halogens is 2. The second-order valence-electron chi connectivity index (χ2n) is 3.70. The van der Waals surface area contributed by atoms with Gasteiger partial charge in [-0.1, -0.05) is 6.07 Å². The molecule has 1 aliphatic rings. The van der Waals surface area contributed by atoms with E-state index in [1.807, 2.05) is 17.9 Å². The Bertz CT molecular complexity index is 358. The molecule has 0 amide bonds. The van der Waals surface area contributed by atoms with Gasteiger partial charge in [-0.2, -0.15) is 0 Å². The predicted molar refractivity (Wildman–Crippen MR) is 61.7 cm³/mol. The second-order valence-corrected chi connectivity index (χ2v) is 4.55. The van der Waals surface area contributed by atoms with E-state index in [1.54, 1.807) is 12.1 Å². The van der Waals surface area contributed by atoms with E-state index in [0.29, 0.717) is 16.8 Å². The van der Waals surface area contributed by atoms with Crippen molar-refractivity contribution in [2.75, 3.05) is 24.6 Å². The van der Waals surface area contributed by atoms with Gasteiger partial charge >= 0.3 is 0 Å². The van der Waals surface area contributed by atoms with Crippen LogP contribution in [0.4, 0.5) is 10.1 Å². The standard InChI is InChI=1S/C11H13BrFNO/c1-8-7-14(5-6-15-8)10-4-2-3-9(12)11(10)13/h2-4,8H,5-7H2,1H3/t8-/m1/s1. The molecule has 0 bridgehead atoms. The zero-order valence-electron chi connectivity index (χ0n) is 8.54. The first-order chi connectivity index (χ1) is 7.18. The molecule has 0 saturated carbocycles. The van der Waals surface area contributed by atoms with Crippen LogP contribution in [0.5, 0.6) is 0 Å². The van der Waals surface area contributed by atoms with Gasteiger partial charge in [0.15, 0.2) is 5.82 Å². The van der Waals surface area contributed by atoms with E-state index in [0.717, 1.165) is 13.1 Å². The maximum Gasteiger partial charge on any atom is 0.160 e. The minimum Gasteiger partial charge on any atom is -0.375 e. The van der Waals surface area contributed by atoms with Crippen molar-refractivity contribution in [3.05, 3.63) is 28.5 Å². The van der Waals surface area contributed by atoms with Crippen LogP contribution in [-0.4, -0.2) is 25.8 Å². The lowest BCUT2D eigenvalue weighted by molar-refractivity contribution is 0.0530. The Morgan fingerprint density at radius 2 is 2.33 bits per heavy atom. The first-order valence-electron chi connectivity index (χ1n) is 4.99. The minimum atomic E-state index is -0.188. The lowest BCUT2D eigenvalue weighted by Gasteiger charge is -2.33. The molecular formula is C11H13BrFNO. The molecule has 0 spiro atoms. The predicted octanol–water partition coefficient (Wildman–Crippen LogP) is 2.81. The molecule has 1 fully saturated rings. The number of ether oxygens (including phenoxy) is 1. The van der Waals surface area contributed by atoms with Crippen LogP contribution in [0.2, 0.25) is 0 Å². The summed E-state index contributed by atoms with van der Waals surface area (Å²) in [5, 5.41) is 0. The van der Waals surface area contributed by atoms with Crippen molar-refractivity contribution in [1.82, 2.24) is 0 Å². The normalized spacial score (nSPS) is 21.8. The highest BCUT2D eigenvalue weighted by atomic mass is 79.9. The quantitative estimate of drug-likeness (QED) is 0.780. The molecule has 0 aromatic heterocycles. The summed E-state index contributed by atoms with van der Waals surface area (Å²) in [6.07, 6.45) is 0.164. The van der Waals surface area contributed by atoms with Gasteiger partial charge in [-0.05, 0) is 35.0 Å². The van der Waals surface area contributed by atoms with Crippen LogP contribution >= 0.6 is 15.9 Å². The van der Waals surface area contributed by atoms with Crippen LogP contribution in [-0.2, 0) is 4.74 Å². The largest absolute Gasteiger partial charge is 0.375 e. The van der Waals surface area contributed by atoms with E-state index in [-0.39, 0.29) is 11.9 Å². The summed E-state index contributed by atoms with van der Waals surface area (Å²) in [6, 6.07) is 5.36. The average molecular weight is 274 g/mol. The van der Waals surface area contributed by atoms with Crippen molar-refractivity contribution in [2.45, 2.75) is 13.0 Å². The van der Waals surface area contributed by atoms with E-state index < -0.39 is 0 Å². The van der Waals surface area contributed by atoms with Gasteiger partial charge in [0.25, 0.3) is 0 Å². The number of benzene rings is 1. The lowest BCUT2D eigenvalue weighted by atomic mass is 10.2. The number of rotatable bonds is 1. The monoisotopic (exact) mass is 273 g/mol. The van der Waals surface area contributed by atoms with E-state index in [2.05, 4.69) is 15.9 Å². The zero-order chi connectivity index (χ0) is 10.8. The topological polar surface area (TPSA) is 12.5 Å². The number of hydrogen-bond donors (Lipinski definition) is 0. The molecule has 1 aromatic carbocycles. The highest BCUT2D eigenvalue weighted by molar-refractivity contribution is 9.10. The van der Waals surface area contributed by atoms with Crippen LogP contribution in [0.3, 0.4) is 0 Å². The lowest BCUT2D eigenvalue weighted by Crippen LogP contribution is -2.41. The molecule has 1 atom stereocenters. The van der Waals surface area contributed by atoms with Gasteiger partial charge < -0.3 is 9.64 Å². The number of nitrogens with zero attached hydrogens (tertiary/aromatic N) is 1. The molecule has 15 heavy (non-hydrogen) atoms. The number of morpholine rings is 1. The highest BCUT2D eigenvalue weighted by Crippen LogP contribution is 2.27. The second kappa shape index (κ2) is 4.49. The van der Waals surface area contributed by atoms with Crippen LogP contribution in [0.25, 0.3) is 0 Å². The third-order valence-corrected chi connectivity index (χ3v) is 3.13. The summed E-state index contributed by atoms with van der Waals surface area (Å²) < 4.78 is 19.7. The fourth-order valence-electron chi connectivity index (χ4n) is 1.77. The van der Waals surface area contributed by atoms with E-state index in [4.69, 9.17) is 4.74 Å². The summed E-state index contributed by atoms with van der Waals surface area (Å²) in [5.41, 5.74) is 0.652. The third kappa shape index (κ3) is 2.32. The molecule has 82 valence electrons. The Balaban J connectivity index is 2.24. The van der Waals surface area contributed by atoms with Gasteiger partial charge in [-0.15, -0.1) is 0 Å². The molecule has 1 heterocycles. The fourth-order valence-corrected chi connectivity index (χ4v) is 2.13. The third-order valence-electron chi connectivity index (χ3n) is 2.51. The fraction of sp³-hybridized carbons (Fsp3) is 0.455. The first kappa shape index (κ1) is 10.9. The van der Waals surface area contributed by atoms with E-state index in [9.17, 15) is 4.39 Å². The highest BCUT2D eigenvalue weighted by Gasteiger charge is 2.20. The minimum absolute atomic E-state index is 0.164. The Hall–Kier alpha value is -0.610. The van der Waals surface area contributed by atoms with Gasteiger partial charge in [0, 0.05) is 13.1 Å². The molecule has 1 saturated heterocycles. The van der Waals surface area contributed by atoms with Crippen molar-refractivity contribution >= 4 is 21.6 Å². The Labute approximate surface area is 97.2 Å². The molecule has 0 N–H and O–H groups in total. The molecule has 1 aromatic rings. The Kier molecular flexibility index (Phi) is 3.26. The molecule has 2 rings (SSSR count). The summed E-state index contributed by atoms with van der Waals surface area (Å²) in [5.74, 6) is -0.188. The van der Waals surface area contributed by atoms with Crippen LogP contribution in [0.1, 0.15) is 6.92 Å². The maximum atomic E-state index is 13.8. The van der Waals surface area contributed by atoms with Crippen LogP contribution < -0.4 is 4.90 Å². The summed E-state index contributed by atoms with van der Waals surface area (Å²) in [4.78, 5) is 2.02. The first-order valence-corrected chi connectivity index (χ1v) is 5.78. The molecule has 0 unspecified atom stereocenters. The van der Waals surface area contributed by atoms with Gasteiger partial charge in [-0.25, -0.2) is 4.39 Å². The SMILES string of the molecule is C[C@@H]1CN(c2cccc(Br)c2F)CCO1. The molecule has 1 aliphatic heterocycles. The van der Waals surface area contributed by atoms with Crippen molar-refractivity contribution < 1.29 is 9.13 Å². The number of hydrogen-bond acceptors (Lipinski definition) is 2. The zero-order valence-corrected chi connectivity index (χ0v) is 10.1. The van der Waals surface area contributed by atoms with E-state index in [1.165, 1.54) is 0 Å². The molecule has 0 aliphatic carbocycles. The van der Waals surface area contributed by atoms with Crippen molar-refractivity contribution in [2.24, 2.45) is 0 Å². The van der Waals surface area contributed by atoms with Crippen molar-refractivity contribution in [3.63, 3.8) is 0 Å². The molecular weight excluding hydrogens is 261 g/mol. The Morgan fingerprint density at radius 1 is 1.53 bits per heavy atom. The van der Waals surface area contributed by atoms with Crippen LogP contribution in [0, 0.1) is 5.82 Å². The molecule has 4 heteroatoms. The van der Waals surface area contributed by atoms with Crippen molar-refractivity contribution in [1.29, 1.82) is 0 Å². The average Bonchev–Trinajstić information content (AvgIpc) is 2.22. The van der Waals surface area contributed by atoms with Gasteiger partial charge in [0.2, 0.25) is 0 Å².